The van der Waals surface area contributed by atoms with Gasteiger partial charge in [-0.2, -0.15) is 0 Å². The Morgan fingerprint density at radius 3 is 2.62 bits per heavy atom. The lowest BCUT2D eigenvalue weighted by Crippen LogP contribution is -2.39. The summed E-state index contributed by atoms with van der Waals surface area (Å²) in [6.07, 6.45) is 1.70. The maximum absolute atomic E-state index is 12.4. The van der Waals surface area contributed by atoms with Gasteiger partial charge in [0, 0.05) is 11.0 Å². The maximum atomic E-state index is 12.4. The molecule has 5 nitrogen and oxygen atoms in total. The Balaban J connectivity index is 1.69. The van der Waals surface area contributed by atoms with Crippen LogP contribution in [0.15, 0.2) is 59.6 Å². The van der Waals surface area contributed by atoms with Crippen molar-refractivity contribution in [3.63, 3.8) is 0 Å². The molecule has 1 amide bonds. The highest BCUT2D eigenvalue weighted by molar-refractivity contribution is 9.10. The zero-order valence-corrected chi connectivity index (χ0v) is 16.0. The van der Waals surface area contributed by atoms with E-state index in [2.05, 4.69) is 22.5 Å². The Bertz CT molecular complexity index is 849. The van der Waals surface area contributed by atoms with Crippen LogP contribution in [0.1, 0.15) is 15.9 Å². The average Bonchev–Trinajstić information content (AvgIpc) is 2.87. The molecule has 2 aromatic carbocycles. The van der Waals surface area contributed by atoms with E-state index in [1.807, 2.05) is 42.3 Å². The molecule has 0 atom stereocenters. The van der Waals surface area contributed by atoms with Crippen molar-refractivity contribution in [1.29, 1.82) is 0 Å². The molecule has 6 heteroatoms. The number of amides is 1. The smallest absolute Gasteiger partial charge is 0.300 e. The van der Waals surface area contributed by atoms with Crippen LogP contribution in [0.25, 0.3) is 0 Å². The first-order valence-corrected chi connectivity index (χ1v) is 8.96. The number of anilines is 1. The molecule has 0 spiro atoms. The van der Waals surface area contributed by atoms with E-state index in [-0.39, 0.29) is 0 Å². The lowest BCUT2D eigenvalue weighted by atomic mass is 10.1. The minimum atomic E-state index is -0.494. The third-order valence-electron chi connectivity index (χ3n) is 4.07. The van der Waals surface area contributed by atoms with E-state index < -0.39 is 11.7 Å². The van der Waals surface area contributed by atoms with E-state index in [1.54, 1.807) is 18.2 Å². The lowest BCUT2D eigenvalue weighted by molar-refractivity contribution is -0.114. The number of hydrogen-bond donors (Lipinski definition) is 0. The fourth-order valence-electron chi connectivity index (χ4n) is 2.90. The quantitative estimate of drug-likeness (QED) is 0.512. The normalized spacial score (nSPS) is 13.3. The van der Waals surface area contributed by atoms with Gasteiger partial charge in [-0.15, -0.1) is 0 Å². The Morgan fingerprint density at radius 1 is 1.19 bits per heavy atom. The number of carbonyl (C=O) groups is 2. The second-order valence-corrected chi connectivity index (χ2v) is 6.95. The molecule has 134 valence electrons. The van der Waals surface area contributed by atoms with E-state index in [0.29, 0.717) is 31.1 Å². The van der Waals surface area contributed by atoms with Crippen LogP contribution in [-0.2, 0) is 11.3 Å². The van der Waals surface area contributed by atoms with Crippen LogP contribution in [0.2, 0.25) is 0 Å². The summed E-state index contributed by atoms with van der Waals surface area (Å²) >= 11 is 3.44. The Hall–Kier alpha value is -2.44. The number of benzene rings is 2. The van der Waals surface area contributed by atoms with Gasteiger partial charge >= 0.3 is 5.91 Å². The zero-order chi connectivity index (χ0) is 18.7. The van der Waals surface area contributed by atoms with Crippen molar-refractivity contribution < 1.29 is 14.3 Å². The molecule has 0 radical (unpaired) electrons. The van der Waals surface area contributed by atoms with Crippen molar-refractivity contribution in [2.75, 3.05) is 25.2 Å². The van der Waals surface area contributed by atoms with Gasteiger partial charge in [0.2, 0.25) is 0 Å². The van der Waals surface area contributed by atoms with Crippen molar-refractivity contribution in [3.05, 3.63) is 70.7 Å². The first-order valence-electron chi connectivity index (χ1n) is 8.17. The van der Waals surface area contributed by atoms with Gasteiger partial charge in [-0.25, -0.2) is 0 Å². The first-order chi connectivity index (χ1) is 12.5. The second-order valence-electron chi connectivity index (χ2n) is 6.10. The minimum Gasteiger partial charge on any atom is -0.490 e. The number of hydrogen-bond acceptors (Lipinski definition) is 4. The predicted molar refractivity (Wildman–Crippen MR) is 104 cm³/mol. The number of Topliss-reactive ketones (excluding diaryl/α,β-unsaturated/α-hetero) is 1. The molecule has 2 aromatic rings. The van der Waals surface area contributed by atoms with Gasteiger partial charge in [-0.05, 0) is 52.8 Å². The molecule has 1 aliphatic heterocycles. The molecule has 0 saturated carbocycles. The highest BCUT2D eigenvalue weighted by atomic mass is 79.9. The fraction of sp³-hybridized carbons (Fsp3) is 0.200. The van der Waals surface area contributed by atoms with Gasteiger partial charge in [0.15, 0.2) is 0 Å². The zero-order valence-electron chi connectivity index (χ0n) is 14.4. The number of ketones is 1. The molecule has 0 aliphatic carbocycles. The highest BCUT2D eigenvalue weighted by Crippen LogP contribution is 2.35. The number of nitrogens with zero attached hydrogens (tertiary/aromatic N) is 2. The van der Waals surface area contributed by atoms with Gasteiger partial charge in [0.05, 0.1) is 17.9 Å². The summed E-state index contributed by atoms with van der Waals surface area (Å²) in [4.78, 5) is 28.0. The Labute approximate surface area is 161 Å². The molecule has 0 aromatic heterocycles. The summed E-state index contributed by atoms with van der Waals surface area (Å²) in [7, 11) is 1.91. The molecule has 0 saturated heterocycles. The van der Waals surface area contributed by atoms with Crippen LogP contribution >= 0.6 is 15.9 Å². The maximum Gasteiger partial charge on any atom is 0.300 e. The molecule has 0 N–H and O–H groups in total. The number of para-hydroxylation sites is 1. The van der Waals surface area contributed by atoms with Crippen LogP contribution in [0.5, 0.6) is 5.75 Å². The Morgan fingerprint density at radius 2 is 1.92 bits per heavy atom. The molecular weight excluding hydrogens is 396 g/mol. The number of halogens is 1. The van der Waals surface area contributed by atoms with Gasteiger partial charge in [-0.3, -0.25) is 19.4 Å². The monoisotopic (exact) mass is 414 g/mol. The third-order valence-corrected chi connectivity index (χ3v) is 4.71. The Kier molecular flexibility index (Phi) is 5.54. The van der Waals surface area contributed by atoms with Crippen LogP contribution in [-0.4, -0.2) is 36.9 Å². The van der Waals surface area contributed by atoms with Crippen molar-refractivity contribution in [1.82, 2.24) is 4.90 Å². The van der Waals surface area contributed by atoms with Gasteiger partial charge in [0.25, 0.3) is 5.78 Å². The van der Waals surface area contributed by atoms with Crippen molar-refractivity contribution in [2.24, 2.45) is 0 Å². The lowest BCUT2D eigenvalue weighted by Gasteiger charge is -2.25. The summed E-state index contributed by atoms with van der Waals surface area (Å²) in [5.41, 5.74) is 2.17. The third kappa shape index (κ3) is 3.71. The molecule has 26 heavy (non-hydrogen) atoms. The molecule has 3 rings (SSSR count). The average molecular weight is 415 g/mol. The molecule has 1 aliphatic rings. The van der Waals surface area contributed by atoms with E-state index in [0.717, 1.165) is 15.8 Å². The molecule has 0 bridgehead atoms. The molecule has 1 heterocycles. The van der Waals surface area contributed by atoms with Crippen molar-refractivity contribution >= 4 is 33.3 Å². The summed E-state index contributed by atoms with van der Waals surface area (Å²) in [5.74, 6) is -0.167. The summed E-state index contributed by atoms with van der Waals surface area (Å²) in [6, 6.07) is 13.1. The molecular formula is C20H19BrN2O3. The van der Waals surface area contributed by atoms with Gasteiger partial charge in [0.1, 0.15) is 12.4 Å². The number of ether oxygens (including phenoxy) is 1. The van der Waals surface area contributed by atoms with E-state index >= 15 is 0 Å². The topological polar surface area (TPSA) is 49.9 Å². The van der Waals surface area contributed by atoms with Gasteiger partial charge < -0.3 is 4.74 Å². The highest BCUT2D eigenvalue weighted by Gasteiger charge is 2.37. The molecule has 0 unspecified atom stereocenters. The van der Waals surface area contributed by atoms with Crippen LogP contribution in [0.4, 0.5) is 5.69 Å². The van der Waals surface area contributed by atoms with Crippen molar-refractivity contribution in [3.8, 4) is 5.75 Å². The number of fused-ring (bicyclic) bond motifs is 1. The minimum absolute atomic E-state index is 0.328. The summed E-state index contributed by atoms with van der Waals surface area (Å²) in [6.45, 7) is 5.06. The van der Waals surface area contributed by atoms with Gasteiger partial charge in [-0.1, -0.05) is 30.9 Å². The second kappa shape index (κ2) is 7.85. The fourth-order valence-corrected chi connectivity index (χ4v) is 3.48. The largest absolute Gasteiger partial charge is 0.490 e. The van der Waals surface area contributed by atoms with Crippen LogP contribution in [0, 0.1) is 0 Å². The first kappa shape index (κ1) is 18.4. The van der Waals surface area contributed by atoms with E-state index in [9.17, 15) is 9.59 Å². The number of carbonyl (C=O) groups excluding carboxylic acids is 2. The SMILES string of the molecule is C=CCOc1ccc(CN(C)CN2C(=O)C(=O)c3cccc(Br)c32)cc1. The standard InChI is InChI=1S/C20H19BrN2O3/c1-3-11-26-15-9-7-14(8-10-15)12-22(2)13-23-18-16(19(24)20(23)25)5-4-6-17(18)21/h3-10H,1,11-13H2,2H3. The van der Waals surface area contributed by atoms with Crippen molar-refractivity contribution in [2.45, 2.75) is 6.54 Å². The summed E-state index contributed by atoms with van der Waals surface area (Å²) in [5, 5.41) is 0. The number of rotatable bonds is 7. The van der Waals surface area contributed by atoms with E-state index in [4.69, 9.17) is 4.74 Å². The summed E-state index contributed by atoms with van der Waals surface area (Å²) < 4.78 is 6.22. The van der Waals surface area contributed by atoms with Crippen LogP contribution in [0.3, 0.4) is 0 Å². The molecule has 0 fully saturated rings. The van der Waals surface area contributed by atoms with Crippen LogP contribution < -0.4 is 9.64 Å². The van der Waals surface area contributed by atoms with E-state index in [1.165, 1.54) is 4.90 Å². The predicted octanol–water partition coefficient (Wildman–Crippen LogP) is 3.63.